The van der Waals surface area contributed by atoms with Gasteiger partial charge in [-0.25, -0.2) is 16.8 Å². The quantitative estimate of drug-likeness (QED) is 0.478. The SMILES string of the molecule is COc1ccc(NC(C)=O)cc1S(=O)(=O)N(C[C@H](O)CO)[C@H]1CCS(=O)(=O)C1. The number of carbonyl (C=O) groups excluding carboxylic acids is 1. The number of aliphatic hydroxyl groups excluding tert-OH is 2. The second kappa shape index (κ2) is 8.74. The Morgan fingerprint density at radius 2 is 2.11 bits per heavy atom. The summed E-state index contributed by atoms with van der Waals surface area (Å²) in [5, 5.41) is 21.5. The molecule has 12 heteroatoms. The third-order valence-electron chi connectivity index (χ3n) is 4.29. The maximum atomic E-state index is 13.3. The summed E-state index contributed by atoms with van der Waals surface area (Å²) >= 11 is 0. The van der Waals surface area contributed by atoms with Gasteiger partial charge < -0.3 is 20.3 Å². The Morgan fingerprint density at radius 3 is 2.61 bits per heavy atom. The van der Waals surface area contributed by atoms with Crippen molar-refractivity contribution in [3.63, 3.8) is 0 Å². The van der Waals surface area contributed by atoms with Crippen molar-refractivity contribution in [3.05, 3.63) is 18.2 Å². The van der Waals surface area contributed by atoms with Crippen molar-refractivity contribution in [2.45, 2.75) is 30.4 Å². The van der Waals surface area contributed by atoms with Gasteiger partial charge in [-0.15, -0.1) is 0 Å². The first-order valence-corrected chi connectivity index (χ1v) is 11.7. The molecular formula is C16H24N2O8S2. The minimum atomic E-state index is -4.32. The van der Waals surface area contributed by atoms with E-state index in [-0.39, 0.29) is 34.3 Å². The van der Waals surface area contributed by atoms with Gasteiger partial charge in [0.1, 0.15) is 10.6 Å². The van der Waals surface area contributed by atoms with Crippen LogP contribution in [0, 0.1) is 0 Å². The molecule has 1 heterocycles. The van der Waals surface area contributed by atoms with Crippen LogP contribution in [-0.4, -0.2) is 81.2 Å². The van der Waals surface area contributed by atoms with E-state index in [1.54, 1.807) is 0 Å². The monoisotopic (exact) mass is 436 g/mol. The summed E-state index contributed by atoms with van der Waals surface area (Å²) in [7, 11) is -6.45. The first-order chi connectivity index (χ1) is 13.0. The molecule has 0 unspecified atom stereocenters. The van der Waals surface area contributed by atoms with Crippen molar-refractivity contribution >= 4 is 31.5 Å². The number of rotatable bonds is 8. The highest BCUT2D eigenvalue weighted by Gasteiger charge is 2.40. The molecule has 10 nitrogen and oxygen atoms in total. The van der Waals surface area contributed by atoms with E-state index in [0.717, 1.165) is 4.31 Å². The van der Waals surface area contributed by atoms with Crippen LogP contribution in [0.4, 0.5) is 5.69 Å². The van der Waals surface area contributed by atoms with Gasteiger partial charge in [-0.2, -0.15) is 4.31 Å². The molecule has 0 spiro atoms. The standard InChI is InChI=1S/C16H24N2O8S2/c1-11(20)17-12-3-4-15(26-2)16(7-12)28(24,25)18(8-14(21)9-19)13-5-6-27(22,23)10-13/h3-4,7,13-14,19,21H,5-6,8-10H2,1-2H3,(H,17,20)/t13-,14-/m0/s1. The van der Waals surface area contributed by atoms with E-state index in [0.29, 0.717) is 0 Å². The summed E-state index contributed by atoms with van der Waals surface area (Å²) in [5.74, 6) is -0.943. The maximum absolute atomic E-state index is 13.3. The first-order valence-electron chi connectivity index (χ1n) is 8.47. The van der Waals surface area contributed by atoms with Gasteiger partial charge >= 0.3 is 0 Å². The van der Waals surface area contributed by atoms with Crippen molar-refractivity contribution in [1.29, 1.82) is 0 Å². The molecule has 2 rings (SSSR count). The molecule has 0 radical (unpaired) electrons. The average molecular weight is 437 g/mol. The van der Waals surface area contributed by atoms with Crippen molar-refractivity contribution in [1.82, 2.24) is 4.31 Å². The number of carbonyl (C=O) groups is 1. The third-order valence-corrected chi connectivity index (χ3v) is 7.98. The van der Waals surface area contributed by atoms with Gasteiger partial charge in [-0.3, -0.25) is 4.79 Å². The zero-order valence-electron chi connectivity index (χ0n) is 15.5. The smallest absolute Gasteiger partial charge is 0.247 e. The van der Waals surface area contributed by atoms with Gasteiger partial charge in [0.25, 0.3) is 0 Å². The van der Waals surface area contributed by atoms with Crippen molar-refractivity contribution in [3.8, 4) is 5.75 Å². The zero-order chi connectivity index (χ0) is 21.1. The Kier molecular flexibility index (Phi) is 7.04. The van der Waals surface area contributed by atoms with Crippen molar-refractivity contribution < 1.29 is 36.6 Å². The van der Waals surface area contributed by atoms with Crippen molar-refractivity contribution in [2.75, 3.05) is 37.1 Å². The number of ether oxygens (including phenoxy) is 1. The minimum absolute atomic E-state index is 0.00144. The molecule has 1 fully saturated rings. The number of nitrogens with zero attached hydrogens (tertiary/aromatic N) is 1. The van der Waals surface area contributed by atoms with E-state index >= 15 is 0 Å². The van der Waals surface area contributed by atoms with Gasteiger partial charge in [0.15, 0.2) is 9.84 Å². The van der Waals surface area contributed by atoms with Crippen LogP contribution < -0.4 is 10.1 Å². The second-order valence-corrected chi connectivity index (χ2v) is 10.6. The minimum Gasteiger partial charge on any atom is -0.495 e. The molecule has 1 aliphatic rings. The molecule has 1 saturated heterocycles. The number of nitrogens with one attached hydrogen (secondary N) is 1. The zero-order valence-corrected chi connectivity index (χ0v) is 17.2. The Balaban J connectivity index is 2.53. The van der Waals surface area contributed by atoms with Crippen LogP contribution in [0.3, 0.4) is 0 Å². The van der Waals surface area contributed by atoms with Crippen LogP contribution in [0.5, 0.6) is 5.75 Å². The van der Waals surface area contributed by atoms with E-state index in [1.807, 2.05) is 0 Å². The number of sulfone groups is 1. The van der Waals surface area contributed by atoms with Gasteiger partial charge in [-0.1, -0.05) is 0 Å². The number of hydrogen-bond acceptors (Lipinski definition) is 8. The molecule has 28 heavy (non-hydrogen) atoms. The van der Waals surface area contributed by atoms with Crippen LogP contribution in [0.15, 0.2) is 23.1 Å². The number of sulfonamides is 1. The second-order valence-electron chi connectivity index (χ2n) is 6.51. The average Bonchev–Trinajstić information content (AvgIpc) is 2.98. The number of amides is 1. The number of methoxy groups -OCH3 is 1. The number of anilines is 1. The highest BCUT2D eigenvalue weighted by atomic mass is 32.2. The summed E-state index contributed by atoms with van der Waals surface area (Å²) < 4.78 is 56.4. The lowest BCUT2D eigenvalue weighted by molar-refractivity contribution is -0.114. The summed E-state index contributed by atoms with van der Waals surface area (Å²) in [6.45, 7) is 0.104. The fourth-order valence-electron chi connectivity index (χ4n) is 3.00. The first kappa shape index (κ1) is 22.6. The van der Waals surface area contributed by atoms with E-state index < -0.39 is 51.1 Å². The van der Waals surface area contributed by atoms with Crippen LogP contribution >= 0.6 is 0 Å². The lowest BCUT2D eigenvalue weighted by Gasteiger charge is -2.29. The summed E-state index contributed by atoms with van der Waals surface area (Å²) in [6, 6.07) is 3.15. The van der Waals surface area contributed by atoms with Crippen LogP contribution in [0.2, 0.25) is 0 Å². The molecule has 2 atom stereocenters. The Morgan fingerprint density at radius 1 is 1.43 bits per heavy atom. The lowest BCUT2D eigenvalue weighted by Crippen LogP contribution is -2.46. The molecule has 0 aliphatic carbocycles. The fraction of sp³-hybridized carbons (Fsp3) is 0.562. The summed E-state index contributed by atoms with van der Waals surface area (Å²) in [6.07, 6.45) is -1.31. The molecule has 1 aromatic carbocycles. The molecule has 1 aromatic rings. The summed E-state index contributed by atoms with van der Waals surface area (Å²) in [4.78, 5) is 11.0. The Hall–Kier alpha value is -1.73. The number of hydrogen-bond donors (Lipinski definition) is 3. The van der Waals surface area contributed by atoms with Crippen LogP contribution in [0.1, 0.15) is 13.3 Å². The molecule has 3 N–H and O–H groups in total. The van der Waals surface area contributed by atoms with E-state index in [9.17, 15) is 26.7 Å². The highest BCUT2D eigenvalue weighted by Crippen LogP contribution is 2.32. The molecule has 1 amide bonds. The van der Waals surface area contributed by atoms with E-state index in [1.165, 1.54) is 32.2 Å². The third kappa shape index (κ3) is 5.20. The predicted octanol–water partition coefficient (Wildman–Crippen LogP) is -0.815. The molecule has 0 bridgehead atoms. The van der Waals surface area contributed by atoms with Crippen molar-refractivity contribution in [2.24, 2.45) is 0 Å². The molecule has 0 aromatic heterocycles. The van der Waals surface area contributed by atoms with E-state index in [4.69, 9.17) is 9.84 Å². The largest absolute Gasteiger partial charge is 0.495 e. The maximum Gasteiger partial charge on any atom is 0.247 e. The van der Waals surface area contributed by atoms with Crippen LogP contribution in [-0.2, 0) is 24.7 Å². The number of benzene rings is 1. The normalized spacial score (nSPS) is 20.1. The van der Waals surface area contributed by atoms with Gasteiger partial charge in [0.05, 0.1) is 31.3 Å². The topological polar surface area (TPSA) is 150 Å². The molecule has 0 saturated carbocycles. The molecular weight excluding hydrogens is 412 g/mol. The van der Waals surface area contributed by atoms with Gasteiger partial charge in [0.2, 0.25) is 15.9 Å². The molecule has 158 valence electrons. The van der Waals surface area contributed by atoms with Gasteiger partial charge in [-0.05, 0) is 24.6 Å². The fourth-order valence-corrected chi connectivity index (χ4v) is 6.70. The Labute approximate surface area is 164 Å². The number of aliphatic hydroxyl groups is 2. The molecule has 1 aliphatic heterocycles. The predicted molar refractivity (Wildman–Crippen MR) is 101 cm³/mol. The van der Waals surface area contributed by atoms with Crippen LogP contribution in [0.25, 0.3) is 0 Å². The van der Waals surface area contributed by atoms with Gasteiger partial charge in [0, 0.05) is 25.2 Å². The lowest BCUT2D eigenvalue weighted by atomic mass is 10.2. The Bertz CT molecular complexity index is 930. The summed E-state index contributed by atoms with van der Waals surface area (Å²) in [5.41, 5.74) is 0.216. The highest BCUT2D eigenvalue weighted by molar-refractivity contribution is 7.92. The van der Waals surface area contributed by atoms with E-state index in [2.05, 4.69) is 5.32 Å².